The smallest absolute Gasteiger partial charge is 0.289 e. The number of hydrogen-bond acceptors (Lipinski definition) is 3. The molecule has 5 heteroatoms. The summed E-state index contributed by atoms with van der Waals surface area (Å²) < 4.78 is 3.21. The Morgan fingerprint density at radius 3 is 2.60 bits per heavy atom. The summed E-state index contributed by atoms with van der Waals surface area (Å²) >= 11 is 2.99. The standard InChI is InChI=1S/C15H14N2OS2/c1-9-6-7-10(2)13-12(9)17(3)15(20-13)16-14(18)11-5-4-8-19-11/h4-8H,1-3H3. The molecule has 20 heavy (non-hydrogen) atoms. The molecule has 0 fully saturated rings. The molecule has 0 N–H and O–H groups in total. The molecular weight excluding hydrogens is 288 g/mol. The Morgan fingerprint density at radius 2 is 1.95 bits per heavy atom. The van der Waals surface area contributed by atoms with E-state index in [4.69, 9.17) is 0 Å². The van der Waals surface area contributed by atoms with Gasteiger partial charge in [-0.15, -0.1) is 11.3 Å². The summed E-state index contributed by atoms with van der Waals surface area (Å²) in [5, 5.41) is 1.89. The van der Waals surface area contributed by atoms with Crippen LogP contribution in [0.15, 0.2) is 34.6 Å². The Kier molecular flexibility index (Phi) is 3.31. The predicted octanol–water partition coefficient (Wildman–Crippen LogP) is 3.66. The van der Waals surface area contributed by atoms with Crippen LogP contribution in [0.2, 0.25) is 0 Å². The molecule has 1 aromatic carbocycles. The van der Waals surface area contributed by atoms with Crippen molar-refractivity contribution in [1.82, 2.24) is 4.57 Å². The number of carbonyl (C=O) groups excluding carboxylic acids is 1. The minimum atomic E-state index is -0.169. The van der Waals surface area contributed by atoms with Crippen LogP contribution < -0.4 is 4.80 Å². The normalized spacial score (nSPS) is 12.2. The third kappa shape index (κ3) is 2.13. The average molecular weight is 302 g/mol. The molecule has 2 aromatic heterocycles. The summed E-state index contributed by atoms with van der Waals surface area (Å²) in [5.41, 5.74) is 3.58. The summed E-state index contributed by atoms with van der Waals surface area (Å²) in [7, 11) is 1.96. The lowest BCUT2D eigenvalue weighted by Gasteiger charge is -2.01. The second kappa shape index (κ2) is 5.00. The lowest BCUT2D eigenvalue weighted by atomic mass is 10.1. The molecule has 3 rings (SSSR count). The molecule has 0 spiro atoms. The van der Waals surface area contributed by atoms with Gasteiger partial charge < -0.3 is 4.57 Å². The van der Waals surface area contributed by atoms with Gasteiger partial charge in [0.1, 0.15) is 0 Å². The van der Waals surface area contributed by atoms with Crippen molar-refractivity contribution in [3.8, 4) is 0 Å². The Morgan fingerprint density at radius 1 is 1.20 bits per heavy atom. The first-order valence-corrected chi connectivity index (χ1v) is 7.96. The van der Waals surface area contributed by atoms with Gasteiger partial charge in [0, 0.05) is 7.05 Å². The van der Waals surface area contributed by atoms with Gasteiger partial charge in [-0.05, 0) is 36.4 Å². The monoisotopic (exact) mass is 302 g/mol. The van der Waals surface area contributed by atoms with Gasteiger partial charge in [-0.1, -0.05) is 29.5 Å². The number of nitrogens with zero attached hydrogens (tertiary/aromatic N) is 2. The number of benzene rings is 1. The van der Waals surface area contributed by atoms with Crippen molar-refractivity contribution in [2.45, 2.75) is 13.8 Å². The zero-order valence-electron chi connectivity index (χ0n) is 11.5. The molecule has 3 aromatic rings. The first-order chi connectivity index (χ1) is 9.58. The number of aromatic nitrogens is 1. The van der Waals surface area contributed by atoms with Crippen molar-refractivity contribution >= 4 is 38.8 Å². The van der Waals surface area contributed by atoms with E-state index in [1.54, 1.807) is 17.4 Å². The SMILES string of the molecule is Cc1ccc(C)c2c1sc(=NC(=O)c1cccs1)n2C. The Hall–Kier alpha value is -1.72. The molecule has 2 heterocycles. The Labute approximate surface area is 124 Å². The fourth-order valence-corrected chi connectivity index (χ4v) is 3.98. The summed E-state index contributed by atoms with van der Waals surface area (Å²) in [6.45, 7) is 4.17. The zero-order chi connectivity index (χ0) is 14.3. The van der Waals surface area contributed by atoms with Crippen LogP contribution in [0.1, 0.15) is 20.8 Å². The summed E-state index contributed by atoms with van der Waals surface area (Å²) in [6, 6.07) is 7.89. The van der Waals surface area contributed by atoms with E-state index in [0.717, 1.165) is 10.3 Å². The van der Waals surface area contributed by atoms with E-state index >= 15 is 0 Å². The van der Waals surface area contributed by atoms with Crippen LogP contribution in [0.4, 0.5) is 0 Å². The number of fused-ring (bicyclic) bond motifs is 1. The first kappa shape index (κ1) is 13.3. The fourth-order valence-electron chi connectivity index (χ4n) is 2.21. The van der Waals surface area contributed by atoms with Gasteiger partial charge in [0.25, 0.3) is 5.91 Å². The molecular formula is C15H14N2OS2. The maximum atomic E-state index is 12.1. The van der Waals surface area contributed by atoms with Crippen LogP contribution in [0, 0.1) is 13.8 Å². The molecule has 0 radical (unpaired) electrons. The highest BCUT2D eigenvalue weighted by Gasteiger charge is 2.10. The van der Waals surface area contributed by atoms with Gasteiger partial charge in [0.2, 0.25) is 0 Å². The highest BCUT2D eigenvalue weighted by molar-refractivity contribution is 7.16. The van der Waals surface area contributed by atoms with Gasteiger partial charge in [-0.2, -0.15) is 4.99 Å². The van der Waals surface area contributed by atoms with E-state index in [1.807, 2.05) is 23.1 Å². The van der Waals surface area contributed by atoms with E-state index in [0.29, 0.717) is 4.88 Å². The number of aryl methyl sites for hydroxylation is 3. The molecule has 0 atom stereocenters. The quantitative estimate of drug-likeness (QED) is 0.675. The van der Waals surface area contributed by atoms with E-state index in [-0.39, 0.29) is 5.91 Å². The lowest BCUT2D eigenvalue weighted by Crippen LogP contribution is -2.13. The zero-order valence-corrected chi connectivity index (χ0v) is 13.1. The van der Waals surface area contributed by atoms with Gasteiger partial charge in [0.05, 0.1) is 15.1 Å². The van der Waals surface area contributed by atoms with Gasteiger partial charge in [-0.3, -0.25) is 4.79 Å². The summed E-state index contributed by atoms with van der Waals surface area (Å²) in [4.78, 5) is 17.8. The number of thiophene rings is 1. The molecule has 0 saturated carbocycles. The van der Waals surface area contributed by atoms with Gasteiger partial charge in [0.15, 0.2) is 4.80 Å². The van der Waals surface area contributed by atoms with Gasteiger partial charge in [-0.25, -0.2) is 0 Å². The molecule has 0 bridgehead atoms. The molecule has 3 nitrogen and oxygen atoms in total. The molecule has 0 unspecified atom stereocenters. The molecule has 0 aliphatic rings. The van der Waals surface area contributed by atoms with Crippen LogP contribution in [0.5, 0.6) is 0 Å². The van der Waals surface area contributed by atoms with Crippen molar-refractivity contribution in [3.63, 3.8) is 0 Å². The van der Waals surface area contributed by atoms with Crippen molar-refractivity contribution in [3.05, 3.63) is 50.5 Å². The topological polar surface area (TPSA) is 34.4 Å². The molecule has 0 aliphatic carbocycles. The first-order valence-electron chi connectivity index (χ1n) is 6.26. The highest BCUT2D eigenvalue weighted by atomic mass is 32.1. The fraction of sp³-hybridized carbons (Fsp3) is 0.200. The van der Waals surface area contributed by atoms with Crippen molar-refractivity contribution in [1.29, 1.82) is 0 Å². The third-order valence-electron chi connectivity index (χ3n) is 3.27. The number of amides is 1. The summed E-state index contributed by atoms with van der Waals surface area (Å²) in [5.74, 6) is -0.169. The van der Waals surface area contributed by atoms with Crippen molar-refractivity contribution in [2.24, 2.45) is 12.0 Å². The average Bonchev–Trinajstić information content (AvgIpc) is 3.04. The minimum Gasteiger partial charge on any atom is -0.319 e. The maximum Gasteiger partial charge on any atom is 0.289 e. The molecule has 102 valence electrons. The molecule has 0 saturated heterocycles. The molecule has 0 aliphatic heterocycles. The Balaban J connectivity index is 2.23. The van der Waals surface area contributed by atoms with Crippen LogP contribution in [-0.2, 0) is 7.05 Å². The summed E-state index contributed by atoms with van der Waals surface area (Å²) in [6.07, 6.45) is 0. The van der Waals surface area contributed by atoms with E-state index in [9.17, 15) is 4.79 Å². The molecule has 1 amide bonds. The van der Waals surface area contributed by atoms with E-state index in [2.05, 4.69) is 31.0 Å². The second-order valence-electron chi connectivity index (χ2n) is 4.72. The number of carbonyl (C=O) groups is 1. The maximum absolute atomic E-state index is 12.1. The van der Waals surface area contributed by atoms with Crippen molar-refractivity contribution in [2.75, 3.05) is 0 Å². The minimum absolute atomic E-state index is 0.169. The van der Waals surface area contributed by atoms with E-state index < -0.39 is 0 Å². The highest BCUT2D eigenvalue weighted by Crippen LogP contribution is 2.24. The van der Waals surface area contributed by atoms with E-state index in [1.165, 1.54) is 27.2 Å². The lowest BCUT2D eigenvalue weighted by molar-refractivity contribution is 0.100. The largest absolute Gasteiger partial charge is 0.319 e. The predicted molar refractivity (Wildman–Crippen MR) is 84.5 cm³/mol. The Bertz CT molecular complexity index is 854. The second-order valence-corrected chi connectivity index (χ2v) is 6.64. The van der Waals surface area contributed by atoms with Crippen LogP contribution in [-0.4, -0.2) is 10.5 Å². The third-order valence-corrected chi connectivity index (χ3v) is 5.40. The number of hydrogen-bond donors (Lipinski definition) is 0. The van der Waals surface area contributed by atoms with Crippen LogP contribution in [0.3, 0.4) is 0 Å². The number of rotatable bonds is 1. The number of thiazole rings is 1. The van der Waals surface area contributed by atoms with Crippen LogP contribution in [0.25, 0.3) is 10.2 Å². The van der Waals surface area contributed by atoms with Gasteiger partial charge >= 0.3 is 0 Å². The van der Waals surface area contributed by atoms with Crippen LogP contribution >= 0.6 is 22.7 Å². The van der Waals surface area contributed by atoms with Crippen molar-refractivity contribution < 1.29 is 4.79 Å².